The number of hydrogen-bond acceptors (Lipinski definition) is 6. The van der Waals surface area contributed by atoms with Crippen molar-refractivity contribution in [3.05, 3.63) is 42.4 Å². The first-order chi connectivity index (χ1) is 11.7. The highest BCUT2D eigenvalue weighted by Crippen LogP contribution is 2.10. The molecule has 24 heavy (non-hydrogen) atoms. The second-order valence-electron chi connectivity index (χ2n) is 5.76. The van der Waals surface area contributed by atoms with Crippen molar-refractivity contribution in [2.75, 3.05) is 42.9 Å². The Bertz CT molecular complexity index is 670. The predicted molar refractivity (Wildman–Crippen MR) is 92.9 cm³/mol. The van der Waals surface area contributed by atoms with Crippen LogP contribution >= 0.6 is 0 Å². The highest BCUT2D eigenvalue weighted by Gasteiger charge is 2.21. The van der Waals surface area contributed by atoms with Crippen LogP contribution in [0.3, 0.4) is 0 Å². The molecule has 0 atom stereocenters. The molecule has 1 N–H and O–H groups in total. The van der Waals surface area contributed by atoms with E-state index in [0.29, 0.717) is 26.1 Å². The number of carbonyl (C=O) groups excluding carboxylic acids is 1. The smallest absolute Gasteiger partial charge is 0.225 e. The average Bonchev–Trinajstić information content (AvgIpc) is 2.63. The molecule has 3 heterocycles. The lowest BCUT2D eigenvalue weighted by atomic mass is 10.2. The lowest BCUT2D eigenvalue weighted by Gasteiger charge is -2.34. The van der Waals surface area contributed by atoms with Crippen molar-refractivity contribution in [2.24, 2.45) is 0 Å². The van der Waals surface area contributed by atoms with Crippen LogP contribution in [-0.2, 0) is 4.79 Å². The molecule has 0 radical (unpaired) electrons. The van der Waals surface area contributed by atoms with Gasteiger partial charge in [0.1, 0.15) is 5.82 Å². The highest BCUT2D eigenvalue weighted by molar-refractivity contribution is 5.77. The van der Waals surface area contributed by atoms with Crippen LogP contribution in [0.1, 0.15) is 12.1 Å². The molecule has 1 aliphatic rings. The third-order valence-corrected chi connectivity index (χ3v) is 4.00. The van der Waals surface area contributed by atoms with Crippen LogP contribution in [-0.4, -0.2) is 58.5 Å². The lowest BCUT2D eigenvalue weighted by Crippen LogP contribution is -2.49. The third-order valence-electron chi connectivity index (χ3n) is 4.00. The highest BCUT2D eigenvalue weighted by atomic mass is 16.2. The first-order valence-corrected chi connectivity index (χ1v) is 8.19. The Morgan fingerprint density at radius 1 is 1.12 bits per heavy atom. The topological polar surface area (TPSA) is 74.2 Å². The number of carbonyl (C=O) groups is 1. The quantitative estimate of drug-likeness (QED) is 0.893. The zero-order valence-corrected chi connectivity index (χ0v) is 13.9. The Morgan fingerprint density at radius 2 is 1.88 bits per heavy atom. The summed E-state index contributed by atoms with van der Waals surface area (Å²) in [6.07, 6.45) is 3.95. The SMILES string of the molecule is Cc1cccc(NCCC(=O)N2CCN(c3ncccn3)CC2)n1. The molecule has 1 fully saturated rings. The van der Waals surface area contributed by atoms with Gasteiger partial charge >= 0.3 is 0 Å². The second kappa shape index (κ2) is 7.72. The Labute approximate surface area is 141 Å². The van der Waals surface area contributed by atoms with E-state index in [2.05, 4.69) is 25.2 Å². The maximum atomic E-state index is 12.3. The number of nitrogens with zero attached hydrogens (tertiary/aromatic N) is 5. The minimum Gasteiger partial charge on any atom is -0.370 e. The third kappa shape index (κ3) is 4.18. The molecule has 1 aliphatic heterocycles. The molecule has 1 amide bonds. The van der Waals surface area contributed by atoms with Crippen LogP contribution in [0.4, 0.5) is 11.8 Å². The van der Waals surface area contributed by atoms with E-state index in [-0.39, 0.29) is 5.91 Å². The standard InChI is InChI=1S/C17H22N6O/c1-14-4-2-5-15(21-14)18-9-6-16(24)22-10-12-23(13-11-22)17-19-7-3-8-20-17/h2-5,7-8H,6,9-13H2,1H3,(H,18,21). The van der Waals surface area contributed by atoms with E-state index in [1.807, 2.05) is 30.0 Å². The van der Waals surface area contributed by atoms with Gasteiger partial charge < -0.3 is 15.1 Å². The molecule has 2 aromatic rings. The number of aromatic nitrogens is 3. The van der Waals surface area contributed by atoms with Gasteiger partial charge in [-0.25, -0.2) is 15.0 Å². The van der Waals surface area contributed by atoms with E-state index in [1.54, 1.807) is 18.5 Å². The van der Waals surface area contributed by atoms with Gasteiger partial charge in [-0.1, -0.05) is 6.07 Å². The van der Waals surface area contributed by atoms with Crippen LogP contribution in [0.25, 0.3) is 0 Å². The molecule has 0 saturated carbocycles. The van der Waals surface area contributed by atoms with Crippen molar-refractivity contribution < 1.29 is 4.79 Å². The first kappa shape index (κ1) is 16.2. The fourth-order valence-electron chi connectivity index (χ4n) is 2.71. The van der Waals surface area contributed by atoms with Crippen molar-refractivity contribution in [3.63, 3.8) is 0 Å². The fourth-order valence-corrected chi connectivity index (χ4v) is 2.71. The molecular weight excluding hydrogens is 304 g/mol. The number of nitrogens with one attached hydrogen (secondary N) is 1. The molecule has 0 spiro atoms. The van der Waals surface area contributed by atoms with E-state index in [0.717, 1.165) is 30.5 Å². The van der Waals surface area contributed by atoms with Crippen molar-refractivity contribution >= 4 is 17.7 Å². The number of amides is 1. The van der Waals surface area contributed by atoms with Crippen LogP contribution < -0.4 is 10.2 Å². The van der Waals surface area contributed by atoms with Gasteiger partial charge in [-0.2, -0.15) is 0 Å². The summed E-state index contributed by atoms with van der Waals surface area (Å²) in [6, 6.07) is 7.62. The first-order valence-electron chi connectivity index (χ1n) is 8.19. The number of rotatable bonds is 5. The van der Waals surface area contributed by atoms with E-state index in [4.69, 9.17) is 0 Å². The van der Waals surface area contributed by atoms with Gasteiger partial charge in [0.15, 0.2) is 0 Å². The fraction of sp³-hybridized carbons (Fsp3) is 0.412. The average molecular weight is 326 g/mol. The summed E-state index contributed by atoms with van der Waals surface area (Å²) in [6.45, 7) is 5.49. The van der Waals surface area contributed by atoms with Gasteiger partial charge in [-0.3, -0.25) is 4.79 Å². The molecule has 1 saturated heterocycles. The summed E-state index contributed by atoms with van der Waals surface area (Å²) in [5, 5.41) is 3.20. The maximum absolute atomic E-state index is 12.3. The van der Waals surface area contributed by atoms with Crippen LogP contribution in [0.2, 0.25) is 0 Å². The molecule has 126 valence electrons. The molecule has 7 nitrogen and oxygen atoms in total. The van der Waals surface area contributed by atoms with Gasteiger partial charge in [-0.15, -0.1) is 0 Å². The minimum atomic E-state index is 0.170. The molecule has 0 unspecified atom stereocenters. The van der Waals surface area contributed by atoms with Gasteiger partial charge in [0.2, 0.25) is 11.9 Å². The number of piperazine rings is 1. The molecule has 7 heteroatoms. The Hall–Kier alpha value is -2.70. The van der Waals surface area contributed by atoms with E-state index in [9.17, 15) is 4.79 Å². The predicted octanol–water partition coefficient (Wildman–Crippen LogP) is 1.33. The summed E-state index contributed by atoms with van der Waals surface area (Å²) in [7, 11) is 0. The van der Waals surface area contributed by atoms with E-state index in [1.165, 1.54) is 0 Å². The minimum absolute atomic E-state index is 0.170. The maximum Gasteiger partial charge on any atom is 0.225 e. The molecule has 0 bridgehead atoms. The van der Waals surface area contributed by atoms with Gasteiger partial charge in [0.25, 0.3) is 0 Å². The zero-order chi connectivity index (χ0) is 16.8. The lowest BCUT2D eigenvalue weighted by molar-refractivity contribution is -0.131. The molecule has 0 aliphatic carbocycles. The van der Waals surface area contributed by atoms with E-state index < -0.39 is 0 Å². The number of hydrogen-bond donors (Lipinski definition) is 1. The summed E-state index contributed by atoms with van der Waals surface area (Å²) >= 11 is 0. The van der Waals surface area contributed by atoms with Gasteiger partial charge in [-0.05, 0) is 25.1 Å². The Balaban J connectivity index is 1.42. The van der Waals surface area contributed by atoms with Crippen molar-refractivity contribution in [1.29, 1.82) is 0 Å². The molecular formula is C17H22N6O. The molecule has 2 aromatic heterocycles. The van der Waals surface area contributed by atoms with Crippen molar-refractivity contribution in [1.82, 2.24) is 19.9 Å². The van der Waals surface area contributed by atoms with E-state index >= 15 is 0 Å². The number of anilines is 2. The number of pyridine rings is 1. The Morgan fingerprint density at radius 3 is 2.58 bits per heavy atom. The van der Waals surface area contributed by atoms with Crippen molar-refractivity contribution in [2.45, 2.75) is 13.3 Å². The molecule has 3 rings (SSSR count). The van der Waals surface area contributed by atoms with Crippen LogP contribution in [0, 0.1) is 6.92 Å². The van der Waals surface area contributed by atoms with Crippen molar-refractivity contribution in [3.8, 4) is 0 Å². The Kier molecular flexibility index (Phi) is 5.20. The largest absolute Gasteiger partial charge is 0.370 e. The van der Waals surface area contributed by atoms with Gasteiger partial charge in [0, 0.05) is 57.2 Å². The summed E-state index contributed by atoms with van der Waals surface area (Å²) in [5.41, 5.74) is 0.963. The molecule has 0 aromatic carbocycles. The zero-order valence-electron chi connectivity index (χ0n) is 13.9. The second-order valence-corrected chi connectivity index (χ2v) is 5.76. The number of aryl methyl sites for hydroxylation is 1. The van der Waals surface area contributed by atoms with Crippen LogP contribution in [0.15, 0.2) is 36.7 Å². The summed E-state index contributed by atoms with van der Waals surface area (Å²) < 4.78 is 0. The normalized spacial score (nSPS) is 14.5. The monoisotopic (exact) mass is 326 g/mol. The summed E-state index contributed by atoms with van der Waals surface area (Å²) in [4.78, 5) is 29.2. The van der Waals surface area contributed by atoms with Crippen LogP contribution in [0.5, 0.6) is 0 Å². The van der Waals surface area contributed by atoms with Gasteiger partial charge in [0.05, 0.1) is 0 Å². The summed E-state index contributed by atoms with van der Waals surface area (Å²) in [5.74, 6) is 1.72.